The van der Waals surface area contributed by atoms with E-state index < -0.39 is 30.9 Å². The number of hydrogen-bond acceptors (Lipinski definition) is 6. The van der Waals surface area contributed by atoms with Gasteiger partial charge in [-0.3, -0.25) is 14.6 Å². The van der Waals surface area contributed by atoms with E-state index in [0.29, 0.717) is 6.42 Å². The topological polar surface area (TPSA) is 135 Å². The number of carbonyl (C=O) groups excluding carboxylic acids is 2. The van der Waals surface area contributed by atoms with Gasteiger partial charge in [0.1, 0.15) is 6.04 Å². The monoisotopic (exact) mass is 388 g/mol. The molecule has 0 bridgehead atoms. The van der Waals surface area contributed by atoms with Crippen LogP contribution < -0.4 is 10.6 Å². The first-order valence-corrected chi connectivity index (χ1v) is 9.25. The highest BCUT2D eigenvalue weighted by atomic mass is 16.4. The molecule has 5 N–H and O–H groups in total. The Morgan fingerprint density at radius 3 is 2.39 bits per heavy atom. The molecule has 0 heterocycles. The lowest BCUT2D eigenvalue weighted by atomic mass is 9.75. The molecule has 9 heteroatoms. The number of nitrogens with one attached hydrogen (secondary N) is 3. The lowest BCUT2D eigenvalue weighted by Gasteiger charge is -2.24. The third-order valence-electron chi connectivity index (χ3n) is 4.07. The first-order chi connectivity index (χ1) is 13.2. The fourth-order valence-electron chi connectivity index (χ4n) is 2.62. The highest BCUT2D eigenvalue weighted by Crippen LogP contribution is 2.08. The minimum absolute atomic E-state index is 0.0853. The van der Waals surface area contributed by atoms with E-state index in [4.69, 9.17) is 5.41 Å². The Hall–Kier alpha value is -2.52. The number of amides is 2. The SMILES string of the molecule is CC(=NCC=N)C(=O)NC(Cc1ccccc1)C(=O)NC(CC(C)C)B(O)O. The molecule has 152 valence electrons. The first kappa shape index (κ1) is 23.5. The van der Waals surface area contributed by atoms with E-state index in [0.717, 1.165) is 11.8 Å². The van der Waals surface area contributed by atoms with E-state index in [1.807, 2.05) is 44.2 Å². The van der Waals surface area contributed by atoms with Crippen LogP contribution in [0.3, 0.4) is 0 Å². The van der Waals surface area contributed by atoms with Crippen molar-refractivity contribution in [3.63, 3.8) is 0 Å². The van der Waals surface area contributed by atoms with E-state index >= 15 is 0 Å². The van der Waals surface area contributed by atoms with E-state index in [-0.39, 0.29) is 24.6 Å². The van der Waals surface area contributed by atoms with Crippen molar-refractivity contribution in [2.24, 2.45) is 10.9 Å². The number of hydrogen-bond donors (Lipinski definition) is 5. The predicted molar refractivity (Wildman–Crippen MR) is 110 cm³/mol. The predicted octanol–water partition coefficient (Wildman–Crippen LogP) is 0.367. The molecule has 0 saturated carbocycles. The zero-order valence-electron chi connectivity index (χ0n) is 16.6. The molecule has 2 unspecified atom stereocenters. The average Bonchev–Trinajstić information content (AvgIpc) is 2.65. The zero-order valence-corrected chi connectivity index (χ0v) is 16.6. The summed E-state index contributed by atoms with van der Waals surface area (Å²) in [6, 6.07) is 8.30. The third kappa shape index (κ3) is 8.45. The van der Waals surface area contributed by atoms with Crippen LogP contribution in [0.2, 0.25) is 0 Å². The van der Waals surface area contributed by atoms with Crippen LogP contribution in [0.4, 0.5) is 0 Å². The molecule has 0 aromatic heterocycles. The van der Waals surface area contributed by atoms with Crippen LogP contribution in [0.15, 0.2) is 35.3 Å². The van der Waals surface area contributed by atoms with Gasteiger partial charge in [0.05, 0.1) is 18.2 Å². The van der Waals surface area contributed by atoms with Gasteiger partial charge in [0.15, 0.2) is 0 Å². The molecular weight excluding hydrogens is 359 g/mol. The van der Waals surface area contributed by atoms with Crippen LogP contribution >= 0.6 is 0 Å². The molecular formula is C19H29BN4O4. The van der Waals surface area contributed by atoms with Gasteiger partial charge in [0.2, 0.25) is 5.91 Å². The van der Waals surface area contributed by atoms with Crippen molar-refractivity contribution in [1.29, 1.82) is 5.41 Å². The van der Waals surface area contributed by atoms with Crippen LogP contribution in [0, 0.1) is 11.3 Å². The largest absolute Gasteiger partial charge is 0.475 e. The summed E-state index contributed by atoms with van der Waals surface area (Å²) < 4.78 is 0. The Morgan fingerprint density at radius 2 is 1.86 bits per heavy atom. The van der Waals surface area contributed by atoms with E-state index in [1.165, 1.54) is 6.92 Å². The maximum Gasteiger partial charge on any atom is 0.475 e. The number of carbonyl (C=O) groups is 2. The molecule has 0 saturated heterocycles. The van der Waals surface area contributed by atoms with Gasteiger partial charge >= 0.3 is 7.12 Å². The second-order valence-electron chi connectivity index (χ2n) is 7.00. The van der Waals surface area contributed by atoms with Gasteiger partial charge < -0.3 is 26.1 Å². The van der Waals surface area contributed by atoms with Crippen molar-refractivity contribution >= 4 is 30.9 Å². The summed E-state index contributed by atoms with van der Waals surface area (Å²) >= 11 is 0. The van der Waals surface area contributed by atoms with Gasteiger partial charge in [-0.2, -0.15) is 0 Å². The number of benzene rings is 1. The van der Waals surface area contributed by atoms with E-state index in [1.54, 1.807) is 0 Å². The maximum absolute atomic E-state index is 12.8. The first-order valence-electron chi connectivity index (χ1n) is 9.25. The maximum atomic E-state index is 12.8. The van der Waals surface area contributed by atoms with Crippen LogP contribution in [-0.4, -0.2) is 59.4 Å². The minimum Gasteiger partial charge on any atom is -0.426 e. The van der Waals surface area contributed by atoms with Crippen molar-refractivity contribution in [3.8, 4) is 0 Å². The second kappa shape index (κ2) is 12.0. The zero-order chi connectivity index (χ0) is 21.1. The fraction of sp³-hybridized carbons (Fsp3) is 0.474. The van der Waals surface area contributed by atoms with Gasteiger partial charge in [-0.15, -0.1) is 0 Å². The molecule has 0 aliphatic heterocycles. The number of aliphatic imine (C=N–C) groups is 1. The summed E-state index contributed by atoms with van der Waals surface area (Å²) in [7, 11) is -1.70. The molecule has 1 aromatic rings. The van der Waals surface area contributed by atoms with Gasteiger partial charge in [0, 0.05) is 12.6 Å². The fourth-order valence-corrected chi connectivity index (χ4v) is 2.62. The lowest BCUT2D eigenvalue weighted by Crippen LogP contribution is -2.55. The Balaban J connectivity index is 2.96. The summed E-state index contributed by atoms with van der Waals surface area (Å²) in [5, 5.41) is 31.4. The Kier molecular flexibility index (Phi) is 10.1. The molecule has 2 atom stereocenters. The molecule has 1 aromatic carbocycles. The van der Waals surface area contributed by atoms with Crippen LogP contribution in [0.5, 0.6) is 0 Å². The molecule has 0 aliphatic carbocycles. The number of nitrogens with zero attached hydrogens (tertiary/aromatic N) is 1. The van der Waals surface area contributed by atoms with Crippen molar-refractivity contribution in [2.45, 2.75) is 45.6 Å². The lowest BCUT2D eigenvalue weighted by molar-refractivity contribution is -0.126. The quantitative estimate of drug-likeness (QED) is 0.276. The Morgan fingerprint density at radius 1 is 1.21 bits per heavy atom. The Labute approximate surface area is 166 Å². The van der Waals surface area contributed by atoms with Gasteiger partial charge in [-0.25, -0.2) is 0 Å². The molecule has 1 rings (SSSR count). The highest BCUT2D eigenvalue weighted by Gasteiger charge is 2.30. The summed E-state index contributed by atoms with van der Waals surface area (Å²) in [5.41, 5.74) is 1.01. The molecule has 8 nitrogen and oxygen atoms in total. The van der Waals surface area contributed by atoms with E-state index in [9.17, 15) is 19.6 Å². The summed E-state index contributed by atoms with van der Waals surface area (Å²) in [6.45, 7) is 5.42. The molecule has 0 aliphatic rings. The molecule has 2 amide bonds. The van der Waals surface area contributed by atoms with Crippen molar-refractivity contribution in [1.82, 2.24) is 10.6 Å². The number of rotatable bonds is 11. The van der Waals surface area contributed by atoms with Crippen molar-refractivity contribution in [3.05, 3.63) is 35.9 Å². The third-order valence-corrected chi connectivity index (χ3v) is 4.07. The summed E-state index contributed by atoms with van der Waals surface area (Å²) in [4.78, 5) is 29.1. The molecule has 0 spiro atoms. The van der Waals surface area contributed by atoms with Gasteiger partial charge in [-0.05, 0) is 24.8 Å². The van der Waals surface area contributed by atoms with Gasteiger partial charge in [0.25, 0.3) is 5.91 Å². The highest BCUT2D eigenvalue weighted by molar-refractivity contribution is 6.43. The second-order valence-corrected chi connectivity index (χ2v) is 7.00. The van der Waals surface area contributed by atoms with Gasteiger partial charge in [-0.1, -0.05) is 44.2 Å². The van der Waals surface area contributed by atoms with Crippen LogP contribution in [-0.2, 0) is 16.0 Å². The average molecular weight is 388 g/mol. The summed E-state index contributed by atoms with van der Waals surface area (Å²) in [6.07, 6.45) is 1.70. The molecule has 28 heavy (non-hydrogen) atoms. The van der Waals surface area contributed by atoms with Crippen LogP contribution in [0.1, 0.15) is 32.8 Å². The van der Waals surface area contributed by atoms with E-state index in [2.05, 4.69) is 15.6 Å². The van der Waals surface area contributed by atoms with Crippen molar-refractivity contribution < 1.29 is 19.6 Å². The summed E-state index contributed by atoms with van der Waals surface area (Å²) in [5.74, 6) is -1.71. The van der Waals surface area contributed by atoms with Crippen LogP contribution in [0.25, 0.3) is 0 Å². The smallest absolute Gasteiger partial charge is 0.426 e. The minimum atomic E-state index is -1.70. The Bertz CT molecular complexity index is 680. The molecule has 0 fully saturated rings. The normalized spacial score (nSPS) is 13.6. The molecule has 0 radical (unpaired) electrons. The standard InChI is InChI=1S/C19H29BN4O4/c1-13(2)11-17(20(27)28)24-19(26)16(12-15-7-5-4-6-8-15)23-18(25)14(3)22-10-9-21/h4-9,13,16-17,21,27-28H,10-12H2,1-3H3,(H,23,25)(H,24,26). The van der Waals surface area contributed by atoms with Crippen molar-refractivity contribution in [2.75, 3.05) is 6.54 Å².